The number of hydrogen-bond donors (Lipinski definition) is 2. The number of aromatic nitrogens is 3. The number of carbonyl (C=O) groups excluding carboxylic acids is 1. The molecule has 4 heterocycles. The molecule has 32 heavy (non-hydrogen) atoms. The molecule has 2 N–H and O–H groups in total. The van der Waals surface area contributed by atoms with E-state index in [9.17, 15) is 4.79 Å². The molecule has 0 atom stereocenters. The molecule has 0 unspecified atom stereocenters. The fourth-order valence-electron chi connectivity index (χ4n) is 3.82. The van der Waals surface area contributed by atoms with E-state index in [4.69, 9.17) is 9.26 Å². The first-order chi connectivity index (χ1) is 15.4. The van der Waals surface area contributed by atoms with E-state index in [1.807, 2.05) is 45.0 Å². The summed E-state index contributed by atoms with van der Waals surface area (Å²) in [5.74, 6) is 0. The van der Waals surface area contributed by atoms with Crippen LogP contribution in [0.25, 0.3) is 27.6 Å². The Morgan fingerprint density at radius 2 is 2.12 bits per heavy atom. The minimum atomic E-state index is -0.494. The van der Waals surface area contributed by atoms with Crippen LogP contribution in [0.1, 0.15) is 32.9 Å². The van der Waals surface area contributed by atoms with E-state index >= 15 is 0 Å². The maximum absolute atomic E-state index is 12.3. The molecule has 3 aromatic heterocycles. The molecule has 8 nitrogen and oxygen atoms in total. The third kappa shape index (κ3) is 4.03. The molecule has 1 aliphatic rings. The summed E-state index contributed by atoms with van der Waals surface area (Å²) in [7, 11) is 0. The van der Waals surface area contributed by atoms with Gasteiger partial charge in [0.1, 0.15) is 11.2 Å². The van der Waals surface area contributed by atoms with Crippen molar-refractivity contribution in [1.29, 1.82) is 0 Å². The molecule has 1 aromatic carbocycles. The maximum atomic E-state index is 12.3. The number of aromatic amines is 1. The van der Waals surface area contributed by atoms with E-state index in [0.717, 1.165) is 45.5 Å². The highest BCUT2D eigenvalue weighted by Gasteiger charge is 2.24. The van der Waals surface area contributed by atoms with Gasteiger partial charge in [-0.25, -0.2) is 9.78 Å². The van der Waals surface area contributed by atoms with Gasteiger partial charge in [-0.2, -0.15) is 0 Å². The second kappa shape index (κ2) is 7.71. The van der Waals surface area contributed by atoms with Gasteiger partial charge in [-0.05, 0) is 63.1 Å². The zero-order valence-corrected chi connectivity index (χ0v) is 18.3. The van der Waals surface area contributed by atoms with Crippen LogP contribution in [0.3, 0.4) is 0 Å². The molecule has 1 amide bonds. The molecule has 1 aliphatic heterocycles. The number of ether oxygens (including phenoxy) is 1. The van der Waals surface area contributed by atoms with Crippen LogP contribution in [-0.4, -0.2) is 44.8 Å². The summed E-state index contributed by atoms with van der Waals surface area (Å²) in [6.45, 7) is 6.78. The first-order valence-electron chi connectivity index (χ1n) is 10.6. The van der Waals surface area contributed by atoms with E-state index in [1.54, 1.807) is 17.3 Å². The Labute approximate surface area is 185 Å². The van der Waals surface area contributed by atoms with Gasteiger partial charge in [0.2, 0.25) is 0 Å². The van der Waals surface area contributed by atoms with Crippen LogP contribution in [0.15, 0.2) is 53.3 Å². The molecule has 0 saturated heterocycles. The van der Waals surface area contributed by atoms with Crippen LogP contribution in [0.4, 0.5) is 16.2 Å². The topological polar surface area (TPSA) is 96.3 Å². The van der Waals surface area contributed by atoms with Crippen molar-refractivity contribution in [3.05, 3.63) is 54.5 Å². The molecule has 0 fully saturated rings. The summed E-state index contributed by atoms with van der Waals surface area (Å²) in [5, 5.41) is 9.25. The van der Waals surface area contributed by atoms with Crippen LogP contribution in [-0.2, 0) is 4.74 Å². The number of H-pyrrole nitrogens is 1. The molecule has 0 radical (unpaired) electrons. The second-order valence-corrected chi connectivity index (χ2v) is 8.91. The van der Waals surface area contributed by atoms with Gasteiger partial charge in [-0.3, -0.25) is 0 Å². The fourth-order valence-corrected chi connectivity index (χ4v) is 3.82. The van der Waals surface area contributed by atoms with Gasteiger partial charge in [0.05, 0.1) is 11.9 Å². The summed E-state index contributed by atoms with van der Waals surface area (Å²) in [6.07, 6.45) is 6.03. The number of amides is 1. The monoisotopic (exact) mass is 431 g/mol. The van der Waals surface area contributed by atoms with Crippen LogP contribution >= 0.6 is 0 Å². The smallest absolute Gasteiger partial charge is 0.410 e. The normalized spacial score (nSPS) is 14.6. The average Bonchev–Trinajstić information content (AvgIpc) is 3.40. The van der Waals surface area contributed by atoms with Crippen molar-refractivity contribution < 1.29 is 14.1 Å². The Bertz CT molecular complexity index is 1330. The molecule has 5 rings (SSSR count). The zero-order valence-electron chi connectivity index (χ0n) is 18.3. The minimum Gasteiger partial charge on any atom is -0.444 e. The summed E-state index contributed by atoms with van der Waals surface area (Å²) >= 11 is 0. The predicted octanol–water partition coefficient (Wildman–Crippen LogP) is 5.47. The molecule has 4 aromatic rings. The number of anilines is 2. The Balaban J connectivity index is 1.37. The van der Waals surface area contributed by atoms with Crippen molar-refractivity contribution >= 4 is 45.0 Å². The largest absolute Gasteiger partial charge is 0.444 e. The molecular weight excluding hydrogens is 406 g/mol. The van der Waals surface area contributed by atoms with Crippen molar-refractivity contribution in [3.63, 3.8) is 0 Å². The third-order valence-corrected chi connectivity index (χ3v) is 5.37. The molecule has 0 saturated carbocycles. The molecule has 8 heteroatoms. The van der Waals surface area contributed by atoms with E-state index in [0.29, 0.717) is 13.1 Å². The van der Waals surface area contributed by atoms with Crippen molar-refractivity contribution in [1.82, 2.24) is 20.0 Å². The van der Waals surface area contributed by atoms with Gasteiger partial charge < -0.3 is 24.5 Å². The van der Waals surface area contributed by atoms with Gasteiger partial charge in [0.15, 0.2) is 5.58 Å². The molecule has 0 spiro atoms. The molecular formula is C24H25N5O3. The van der Waals surface area contributed by atoms with E-state index in [2.05, 4.69) is 32.6 Å². The summed E-state index contributed by atoms with van der Waals surface area (Å²) in [6, 6.07) is 9.92. The SMILES string of the molecule is CC(C)(C)OC(=O)N1CC=C(c2cc3c(Nc4ccc5oncc5c4)ccnc3[nH]2)CC1. The lowest BCUT2D eigenvalue weighted by Gasteiger charge is -2.29. The van der Waals surface area contributed by atoms with Crippen molar-refractivity contribution in [2.75, 3.05) is 18.4 Å². The number of fused-ring (bicyclic) bond motifs is 2. The highest BCUT2D eigenvalue weighted by atomic mass is 16.6. The number of rotatable bonds is 3. The Morgan fingerprint density at radius 3 is 2.91 bits per heavy atom. The second-order valence-electron chi connectivity index (χ2n) is 8.91. The molecule has 0 aliphatic carbocycles. The van der Waals surface area contributed by atoms with Crippen molar-refractivity contribution in [2.45, 2.75) is 32.8 Å². The van der Waals surface area contributed by atoms with Gasteiger partial charge in [-0.1, -0.05) is 11.2 Å². The Morgan fingerprint density at radius 1 is 1.25 bits per heavy atom. The van der Waals surface area contributed by atoms with Gasteiger partial charge in [-0.15, -0.1) is 0 Å². The van der Waals surface area contributed by atoms with Crippen molar-refractivity contribution in [3.8, 4) is 0 Å². The number of carbonyl (C=O) groups is 1. The number of pyridine rings is 1. The lowest BCUT2D eigenvalue weighted by molar-refractivity contribution is 0.0270. The zero-order chi connectivity index (χ0) is 22.3. The van der Waals surface area contributed by atoms with Crippen LogP contribution in [0.2, 0.25) is 0 Å². The number of hydrogen-bond acceptors (Lipinski definition) is 6. The van der Waals surface area contributed by atoms with Crippen LogP contribution in [0, 0.1) is 0 Å². The summed E-state index contributed by atoms with van der Waals surface area (Å²) in [4.78, 5) is 22.0. The predicted molar refractivity (Wildman–Crippen MR) is 124 cm³/mol. The number of benzene rings is 1. The first kappa shape index (κ1) is 20.1. The standard InChI is InChI=1S/C24H25N5O3/c1-24(2,3)31-23(30)29-10-7-15(8-11-29)20-13-18-19(6-9-25-22(18)28-20)27-17-4-5-21-16(12-17)14-26-32-21/h4-7,9,12-14H,8,10-11H2,1-3H3,(H2,25,27,28). The third-order valence-electron chi connectivity index (χ3n) is 5.37. The van der Waals surface area contributed by atoms with Crippen LogP contribution in [0.5, 0.6) is 0 Å². The Hall–Kier alpha value is -3.81. The summed E-state index contributed by atoms with van der Waals surface area (Å²) < 4.78 is 10.7. The molecule has 0 bridgehead atoms. The first-order valence-corrected chi connectivity index (χ1v) is 10.6. The van der Waals surface area contributed by atoms with Crippen molar-refractivity contribution in [2.24, 2.45) is 0 Å². The highest BCUT2D eigenvalue weighted by molar-refractivity contribution is 5.95. The quantitative estimate of drug-likeness (QED) is 0.446. The van der Waals surface area contributed by atoms with Gasteiger partial charge in [0.25, 0.3) is 0 Å². The summed E-state index contributed by atoms with van der Waals surface area (Å²) in [5.41, 5.74) is 5.16. The fraction of sp³-hybridized carbons (Fsp3) is 0.292. The number of nitrogens with one attached hydrogen (secondary N) is 2. The van der Waals surface area contributed by atoms with E-state index < -0.39 is 5.60 Å². The maximum Gasteiger partial charge on any atom is 0.410 e. The van der Waals surface area contributed by atoms with Gasteiger partial charge in [0, 0.05) is 41.4 Å². The van der Waals surface area contributed by atoms with E-state index in [-0.39, 0.29) is 6.09 Å². The van der Waals surface area contributed by atoms with Gasteiger partial charge >= 0.3 is 6.09 Å². The minimum absolute atomic E-state index is 0.276. The lowest BCUT2D eigenvalue weighted by Crippen LogP contribution is -2.39. The average molecular weight is 431 g/mol. The Kier molecular flexibility index (Phi) is 4.84. The van der Waals surface area contributed by atoms with E-state index in [1.165, 1.54) is 5.57 Å². The molecule has 164 valence electrons. The lowest BCUT2D eigenvalue weighted by atomic mass is 10.0. The number of nitrogens with zero attached hydrogens (tertiary/aromatic N) is 3. The van der Waals surface area contributed by atoms with Crippen LogP contribution < -0.4 is 5.32 Å². The highest BCUT2D eigenvalue weighted by Crippen LogP contribution is 2.31.